The Morgan fingerprint density at radius 3 is 2.32 bits per heavy atom. The number of hydrogen-bond donors (Lipinski definition) is 1. The van der Waals surface area contributed by atoms with Gasteiger partial charge >= 0.3 is 0 Å². The highest BCUT2D eigenvalue weighted by Crippen LogP contribution is 2.19. The molecule has 1 aromatic rings. The minimum Gasteiger partial charge on any atom is -0.314 e. The predicted octanol–water partition coefficient (Wildman–Crippen LogP) is 1.05. The fourth-order valence-corrected chi connectivity index (χ4v) is 2.91. The first-order valence-electron chi connectivity index (χ1n) is 6.83. The summed E-state index contributed by atoms with van der Waals surface area (Å²) in [6, 6.07) is 4.37. The highest BCUT2D eigenvalue weighted by molar-refractivity contribution is 5.18. The molecule has 3 nitrogen and oxygen atoms in total. The Kier molecular flexibility index (Phi) is 3.77. The van der Waals surface area contributed by atoms with Crippen molar-refractivity contribution >= 4 is 0 Å². The quantitative estimate of drug-likeness (QED) is 0.883. The number of nitrogens with zero attached hydrogens (tertiary/aromatic N) is 2. The number of nitrogens with one attached hydrogen (secondary N) is 1. The van der Waals surface area contributed by atoms with Gasteiger partial charge < -0.3 is 5.32 Å². The molecule has 0 bridgehead atoms. The smallest absolute Gasteiger partial charge is 0.126 e. The van der Waals surface area contributed by atoms with Gasteiger partial charge in [-0.15, -0.1) is 0 Å². The highest BCUT2D eigenvalue weighted by atomic mass is 19.1. The Morgan fingerprint density at radius 1 is 1.05 bits per heavy atom. The summed E-state index contributed by atoms with van der Waals surface area (Å²) in [4.78, 5) is 4.74. The molecule has 2 heterocycles. The molecule has 0 atom stereocenters. The maximum Gasteiger partial charge on any atom is 0.126 e. The van der Waals surface area contributed by atoms with Gasteiger partial charge in [0.1, 0.15) is 11.6 Å². The molecule has 2 aliphatic heterocycles. The molecule has 0 amide bonds. The summed E-state index contributed by atoms with van der Waals surface area (Å²) in [5.41, 5.74) is 0.719. The SMILES string of the molecule is Fc1cc(F)cc(CN2CC(N3CCNCC3)C2)c1. The lowest BCUT2D eigenvalue weighted by Crippen LogP contribution is -2.62. The number of halogens is 2. The Labute approximate surface area is 112 Å². The predicted molar refractivity (Wildman–Crippen MR) is 69.9 cm³/mol. The molecule has 1 N–H and O–H groups in total. The standard InChI is InChI=1S/C14H19F2N3/c15-12-5-11(6-13(16)7-12)8-18-9-14(10-18)19-3-1-17-2-4-19/h5-7,14,17H,1-4,8-10H2. The zero-order chi connectivity index (χ0) is 13.2. The van der Waals surface area contributed by atoms with Gasteiger partial charge in [0.05, 0.1) is 0 Å². The van der Waals surface area contributed by atoms with Gasteiger partial charge in [0.25, 0.3) is 0 Å². The van der Waals surface area contributed by atoms with Crippen molar-refractivity contribution in [1.82, 2.24) is 15.1 Å². The van der Waals surface area contributed by atoms with E-state index in [1.54, 1.807) is 0 Å². The van der Waals surface area contributed by atoms with Crippen LogP contribution in [0, 0.1) is 11.6 Å². The molecule has 1 aromatic carbocycles. The van der Waals surface area contributed by atoms with E-state index >= 15 is 0 Å². The second-order valence-corrected chi connectivity index (χ2v) is 5.41. The van der Waals surface area contributed by atoms with Gasteiger partial charge in [-0.3, -0.25) is 9.80 Å². The van der Waals surface area contributed by atoms with E-state index in [1.807, 2.05) is 0 Å². The van der Waals surface area contributed by atoms with E-state index < -0.39 is 11.6 Å². The van der Waals surface area contributed by atoms with Crippen molar-refractivity contribution in [1.29, 1.82) is 0 Å². The summed E-state index contributed by atoms with van der Waals surface area (Å²) in [5.74, 6) is -0.983. The average Bonchev–Trinajstić information content (AvgIpc) is 2.33. The second kappa shape index (κ2) is 5.53. The molecule has 0 aliphatic carbocycles. The van der Waals surface area contributed by atoms with Gasteiger partial charge in [0.2, 0.25) is 0 Å². The van der Waals surface area contributed by atoms with Crippen molar-refractivity contribution < 1.29 is 8.78 Å². The van der Waals surface area contributed by atoms with Crippen LogP contribution in [0.25, 0.3) is 0 Å². The van der Waals surface area contributed by atoms with Gasteiger partial charge in [-0.05, 0) is 17.7 Å². The van der Waals surface area contributed by atoms with E-state index in [9.17, 15) is 8.78 Å². The number of likely N-dealkylation sites (tertiary alicyclic amines) is 1. The summed E-state index contributed by atoms with van der Waals surface area (Å²) < 4.78 is 26.2. The van der Waals surface area contributed by atoms with E-state index in [1.165, 1.54) is 12.1 Å². The fraction of sp³-hybridized carbons (Fsp3) is 0.571. The molecule has 0 radical (unpaired) electrons. The lowest BCUT2D eigenvalue weighted by molar-refractivity contribution is 0.0222. The molecule has 0 aromatic heterocycles. The molecular formula is C14H19F2N3. The molecule has 2 fully saturated rings. The van der Waals surface area contributed by atoms with Gasteiger partial charge in [0, 0.05) is 57.9 Å². The number of piperazine rings is 1. The van der Waals surface area contributed by atoms with Gasteiger partial charge in [-0.25, -0.2) is 8.78 Å². The highest BCUT2D eigenvalue weighted by Gasteiger charge is 2.32. The van der Waals surface area contributed by atoms with E-state index in [0.29, 0.717) is 12.6 Å². The van der Waals surface area contributed by atoms with Crippen LogP contribution in [-0.4, -0.2) is 55.1 Å². The molecular weight excluding hydrogens is 248 g/mol. The van der Waals surface area contributed by atoms with Crippen molar-refractivity contribution in [2.24, 2.45) is 0 Å². The fourth-order valence-electron chi connectivity index (χ4n) is 2.91. The molecule has 0 spiro atoms. The normalized spacial score (nSPS) is 22.4. The third-order valence-corrected chi connectivity index (χ3v) is 3.93. The van der Waals surface area contributed by atoms with Crippen LogP contribution < -0.4 is 5.32 Å². The Morgan fingerprint density at radius 2 is 1.68 bits per heavy atom. The first kappa shape index (κ1) is 13.0. The van der Waals surface area contributed by atoms with Crippen molar-refractivity contribution in [3.8, 4) is 0 Å². The molecule has 0 saturated carbocycles. The maximum absolute atomic E-state index is 13.1. The monoisotopic (exact) mass is 267 g/mol. The van der Waals surface area contributed by atoms with Gasteiger partial charge in [-0.1, -0.05) is 0 Å². The van der Waals surface area contributed by atoms with Crippen molar-refractivity contribution in [2.75, 3.05) is 39.3 Å². The van der Waals surface area contributed by atoms with Crippen molar-refractivity contribution in [3.05, 3.63) is 35.4 Å². The minimum atomic E-state index is -0.492. The number of hydrogen-bond acceptors (Lipinski definition) is 3. The van der Waals surface area contributed by atoms with Crippen LogP contribution in [0.3, 0.4) is 0 Å². The van der Waals surface area contributed by atoms with E-state index in [-0.39, 0.29) is 0 Å². The maximum atomic E-state index is 13.1. The summed E-state index contributed by atoms with van der Waals surface area (Å²) in [7, 11) is 0. The number of benzene rings is 1. The van der Waals surface area contributed by atoms with Crippen LogP contribution >= 0.6 is 0 Å². The largest absolute Gasteiger partial charge is 0.314 e. The Bertz CT molecular complexity index is 420. The number of rotatable bonds is 3. The van der Waals surface area contributed by atoms with Crippen LogP contribution in [0.2, 0.25) is 0 Å². The van der Waals surface area contributed by atoms with E-state index in [4.69, 9.17) is 0 Å². The summed E-state index contributed by atoms with van der Waals surface area (Å²) in [5, 5.41) is 3.34. The molecule has 5 heteroatoms. The van der Waals surface area contributed by atoms with Crippen LogP contribution in [0.15, 0.2) is 18.2 Å². The van der Waals surface area contributed by atoms with Crippen LogP contribution in [0.5, 0.6) is 0 Å². The third-order valence-electron chi connectivity index (χ3n) is 3.93. The van der Waals surface area contributed by atoms with Crippen molar-refractivity contribution in [3.63, 3.8) is 0 Å². The lowest BCUT2D eigenvalue weighted by Gasteiger charge is -2.46. The first-order valence-corrected chi connectivity index (χ1v) is 6.83. The second-order valence-electron chi connectivity index (χ2n) is 5.41. The first-order chi connectivity index (χ1) is 9.20. The van der Waals surface area contributed by atoms with Crippen LogP contribution in [0.1, 0.15) is 5.56 Å². The van der Waals surface area contributed by atoms with Crippen LogP contribution in [0.4, 0.5) is 8.78 Å². The Hall–Kier alpha value is -1.04. The lowest BCUT2D eigenvalue weighted by atomic mass is 10.0. The zero-order valence-corrected chi connectivity index (χ0v) is 10.9. The molecule has 2 aliphatic rings. The van der Waals surface area contributed by atoms with Gasteiger partial charge in [-0.2, -0.15) is 0 Å². The average molecular weight is 267 g/mol. The summed E-state index contributed by atoms with van der Waals surface area (Å²) in [6.45, 7) is 6.96. The van der Waals surface area contributed by atoms with E-state index in [2.05, 4.69) is 15.1 Å². The molecule has 2 saturated heterocycles. The molecule has 19 heavy (non-hydrogen) atoms. The molecule has 3 rings (SSSR count). The zero-order valence-electron chi connectivity index (χ0n) is 10.9. The molecule has 104 valence electrons. The summed E-state index contributed by atoms with van der Waals surface area (Å²) in [6.07, 6.45) is 0. The molecule has 0 unspecified atom stereocenters. The minimum absolute atomic E-state index is 0.492. The van der Waals surface area contributed by atoms with Crippen LogP contribution in [-0.2, 0) is 6.54 Å². The third kappa shape index (κ3) is 3.11. The van der Waals surface area contributed by atoms with Gasteiger partial charge in [0.15, 0.2) is 0 Å². The Balaban J connectivity index is 1.50. The topological polar surface area (TPSA) is 18.5 Å². The van der Waals surface area contributed by atoms with Crippen molar-refractivity contribution in [2.45, 2.75) is 12.6 Å². The summed E-state index contributed by atoms with van der Waals surface area (Å²) >= 11 is 0. The van der Waals surface area contributed by atoms with E-state index in [0.717, 1.165) is 50.9 Å².